The first-order chi connectivity index (χ1) is 14.2. The Kier molecular flexibility index (Phi) is 6.84. The van der Waals surface area contributed by atoms with Crippen LogP contribution in [0, 0.1) is 0 Å². The molecule has 0 bridgehead atoms. The van der Waals surface area contributed by atoms with Gasteiger partial charge >= 0.3 is 11.9 Å². The van der Waals surface area contributed by atoms with Crippen molar-refractivity contribution >= 4 is 11.9 Å². The fourth-order valence-corrected chi connectivity index (χ4v) is 2.47. The van der Waals surface area contributed by atoms with E-state index in [-0.39, 0.29) is 13.2 Å². The molecule has 6 heteroatoms. The summed E-state index contributed by atoms with van der Waals surface area (Å²) in [5.74, 6) is 0.603. The van der Waals surface area contributed by atoms with E-state index in [1.807, 2.05) is 30.3 Å². The molecule has 3 rings (SSSR count). The van der Waals surface area contributed by atoms with Gasteiger partial charge in [0.05, 0.1) is 18.2 Å². The number of hydrogen-bond donors (Lipinski definition) is 0. The Bertz CT molecular complexity index is 951. The van der Waals surface area contributed by atoms with Crippen molar-refractivity contribution in [1.29, 1.82) is 0 Å². The number of para-hydroxylation sites is 1. The number of benzene rings is 3. The monoisotopic (exact) mass is 392 g/mol. The third-order valence-electron chi connectivity index (χ3n) is 3.93. The van der Waals surface area contributed by atoms with Crippen molar-refractivity contribution in [3.63, 3.8) is 0 Å². The number of carbonyl (C=O) groups is 2. The van der Waals surface area contributed by atoms with Crippen LogP contribution in [0.1, 0.15) is 20.7 Å². The molecular weight excluding hydrogens is 372 g/mol. The van der Waals surface area contributed by atoms with Crippen molar-refractivity contribution in [1.82, 2.24) is 0 Å². The SMILES string of the molecule is COc1cccc(C(=O)Oc2ccc(C(=O)OCCOc3ccccc3)cc2)c1. The predicted octanol–water partition coefficient (Wildman–Crippen LogP) is 4.15. The van der Waals surface area contributed by atoms with Gasteiger partial charge in [-0.15, -0.1) is 0 Å². The molecule has 0 fully saturated rings. The molecule has 0 saturated carbocycles. The second kappa shape index (κ2) is 9.94. The van der Waals surface area contributed by atoms with Gasteiger partial charge in [-0.3, -0.25) is 0 Å². The van der Waals surface area contributed by atoms with Crippen molar-refractivity contribution in [3.8, 4) is 17.2 Å². The second-order valence-electron chi connectivity index (χ2n) is 5.94. The van der Waals surface area contributed by atoms with Gasteiger partial charge in [0.15, 0.2) is 0 Å². The predicted molar refractivity (Wildman–Crippen MR) is 107 cm³/mol. The standard InChI is InChI=1S/C23H20O6/c1-26-21-9-5-6-18(16-21)23(25)29-20-12-10-17(11-13-20)22(24)28-15-14-27-19-7-3-2-4-8-19/h2-13,16H,14-15H2,1H3. The third-order valence-corrected chi connectivity index (χ3v) is 3.93. The van der Waals surface area contributed by atoms with Crippen molar-refractivity contribution in [2.24, 2.45) is 0 Å². The normalized spacial score (nSPS) is 10.1. The summed E-state index contributed by atoms with van der Waals surface area (Å²) in [7, 11) is 1.52. The van der Waals surface area contributed by atoms with E-state index in [9.17, 15) is 9.59 Å². The second-order valence-corrected chi connectivity index (χ2v) is 5.94. The van der Waals surface area contributed by atoms with Gasteiger partial charge in [-0.05, 0) is 54.6 Å². The smallest absolute Gasteiger partial charge is 0.343 e. The maximum absolute atomic E-state index is 12.2. The van der Waals surface area contributed by atoms with E-state index < -0.39 is 11.9 Å². The first-order valence-electron chi connectivity index (χ1n) is 8.97. The first-order valence-corrected chi connectivity index (χ1v) is 8.97. The Morgan fingerprint density at radius 1 is 0.690 bits per heavy atom. The van der Waals surface area contributed by atoms with Gasteiger partial charge in [-0.2, -0.15) is 0 Å². The quantitative estimate of drug-likeness (QED) is 0.326. The highest BCUT2D eigenvalue weighted by molar-refractivity contribution is 5.92. The summed E-state index contributed by atoms with van der Waals surface area (Å²) in [5, 5.41) is 0. The van der Waals surface area contributed by atoms with Gasteiger partial charge in [0, 0.05) is 0 Å². The molecule has 0 radical (unpaired) electrons. The fourth-order valence-electron chi connectivity index (χ4n) is 2.47. The molecule has 3 aromatic rings. The van der Waals surface area contributed by atoms with Crippen molar-refractivity contribution in [2.75, 3.05) is 20.3 Å². The van der Waals surface area contributed by atoms with Crippen molar-refractivity contribution < 1.29 is 28.5 Å². The Labute approximate surface area is 168 Å². The Morgan fingerprint density at radius 2 is 1.41 bits per heavy atom. The lowest BCUT2D eigenvalue weighted by molar-refractivity contribution is 0.0450. The highest BCUT2D eigenvalue weighted by atomic mass is 16.6. The van der Waals surface area contributed by atoms with Crippen LogP contribution in [0.15, 0.2) is 78.9 Å². The molecule has 0 heterocycles. The summed E-state index contributed by atoms with van der Waals surface area (Å²) >= 11 is 0. The number of rotatable bonds is 8. The lowest BCUT2D eigenvalue weighted by Crippen LogP contribution is -2.12. The summed E-state index contributed by atoms with van der Waals surface area (Å²) in [6, 6.07) is 22.1. The van der Waals surface area contributed by atoms with E-state index in [0.717, 1.165) is 0 Å². The molecule has 0 saturated heterocycles. The fraction of sp³-hybridized carbons (Fsp3) is 0.130. The molecule has 148 valence electrons. The lowest BCUT2D eigenvalue weighted by Gasteiger charge is -2.08. The van der Waals surface area contributed by atoms with Crippen LogP contribution >= 0.6 is 0 Å². The molecule has 0 N–H and O–H groups in total. The van der Waals surface area contributed by atoms with Crippen LogP contribution in [-0.2, 0) is 4.74 Å². The minimum Gasteiger partial charge on any atom is -0.497 e. The molecule has 0 aliphatic carbocycles. The highest BCUT2D eigenvalue weighted by Crippen LogP contribution is 2.17. The van der Waals surface area contributed by atoms with Gasteiger partial charge in [0.1, 0.15) is 30.5 Å². The Balaban J connectivity index is 1.48. The maximum Gasteiger partial charge on any atom is 0.343 e. The molecule has 29 heavy (non-hydrogen) atoms. The van der Waals surface area contributed by atoms with E-state index >= 15 is 0 Å². The average Bonchev–Trinajstić information content (AvgIpc) is 2.78. The third kappa shape index (κ3) is 5.84. The number of ether oxygens (including phenoxy) is 4. The zero-order chi connectivity index (χ0) is 20.5. The number of esters is 2. The molecule has 6 nitrogen and oxygen atoms in total. The molecular formula is C23H20O6. The number of carbonyl (C=O) groups excluding carboxylic acids is 2. The van der Waals surface area contributed by atoms with Gasteiger partial charge < -0.3 is 18.9 Å². The van der Waals surface area contributed by atoms with E-state index in [4.69, 9.17) is 18.9 Å². The summed E-state index contributed by atoms with van der Waals surface area (Å²) in [6.07, 6.45) is 0. The van der Waals surface area contributed by atoms with Crippen LogP contribution in [0.25, 0.3) is 0 Å². The number of hydrogen-bond acceptors (Lipinski definition) is 6. The van der Waals surface area contributed by atoms with Crippen LogP contribution in [0.4, 0.5) is 0 Å². The zero-order valence-electron chi connectivity index (χ0n) is 15.9. The van der Waals surface area contributed by atoms with E-state index in [1.165, 1.54) is 31.4 Å². The Hall–Kier alpha value is -3.80. The van der Waals surface area contributed by atoms with Gasteiger partial charge in [0.2, 0.25) is 0 Å². The Morgan fingerprint density at radius 3 is 2.14 bits per heavy atom. The summed E-state index contributed by atoms with van der Waals surface area (Å²) < 4.78 is 21.1. The molecule has 0 aliphatic rings. The molecule has 3 aromatic carbocycles. The van der Waals surface area contributed by atoms with Crippen LogP contribution in [0.2, 0.25) is 0 Å². The molecule has 0 aromatic heterocycles. The van der Waals surface area contributed by atoms with Gasteiger partial charge in [-0.25, -0.2) is 9.59 Å². The lowest BCUT2D eigenvalue weighted by atomic mass is 10.2. The number of methoxy groups -OCH3 is 1. The van der Waals surface area contributed by atoms with Crippen molar-refractivity contribution in [3.05, 3.63) is 90.0 Å². The van der Waals surface area contributed by atoms with Gasteiger partial charge in [-0.1, -0.05) is 24.3 Å². The highest BCUT2D eigenvalue weighted by Gasteiger charge is 2.11. The first kappa shape index (κ1) is 19.9. The molecule has 0 aliphatic heterocycles. The van der Waals surface area contributed by atoms with E-state index in [2.05, 4.69) is 0 Å². The van der Waals surface area contributed by atoms with Crippen LogP contribution in [0.3, 0.4) is 0 Å². The zero-order valence-corrected chi connectivity index (χ0v) is 15.9. The molecule has 0 atom stereocenters. The van der Waals surface area contributed by atoms with E-state index in [0.29, 0.717) is 28.4 Å². The minimum absolute atomic E-state index is 0.125. The summed E-state index contributed by atoms with van der Waals surface area (Å²) in [6.45, 7) is 0.381. The van der Waals surface area contributed by atoms with Crippen LogP contribution < -0.4 is 14.2 Å². The topological polar surface area (TPSA) is 71.1 Å². The largest absolute Gasteiger partial charge is 0.497 e. The summed E-state index contributed by atoms with van der Waals surface area (Å²) in [4.78, 5) is 24.3. The molecule has 0 spiro atoms. The average molecular weight is 392 g/mol. The maximum atomic E-state index is 12.2. The van der Waals surface area contributed by atoms with Crippen LogP contribution in [0.5, 0.6) is 17.2 Å². The van der Waals surface area contributed by atoms with Gasteiger partial charge in [0.25, 0.3) is 0 Å². The molecule has 0 unspecified atom stereocenters. The summed E-state index contributed by atoms with van der Waals surface area (Å²) in [5.41, 5.74) is 0.720. The van der Waals surface area contributed by atoms with Crippen LogP contribution in [-0.4, -0.2) is 32.3 Å². The minimum atomic E-state index is -0.516. The van der Waals surface area contributed by atoms with E-state index in [1.54, 1.807) is 24.3 Å². The molecule has 0 amide bonds. The van der Waals surface area contributed by atoms with Crippen molar-refractivity contribution in [2.45, 2.75) is 0 Å².